The Morgan fingerprint density at radius 3 is 2.90 bits per heavy atom. The Labute approximate surface area is 130 Å². The van der Waals surface area contributed by atoms with Crippen LogP contribution in [0.5, 0.6) is 0 Å². The maximum absolute atomic E-state index is 11.6. The van der Waals surface area contributed by atoms with Gasteiger partial charge in [0.25, 0.3) is 0 Å². The molecular formula is C16H22ClN3O. The third kappa shape index (κ3) is 3.01. The molecule has 3 rings (SSSR count). The van der Waals surface area contributed by atoms with Gasteiger partial charge in [-0.15, -0.1) is 0 Å². The molecule has 1 saturated carbocycles. The molecule has 2 aliphatic rings. The van der Waals surface area contributed by atoms with E-state index in [2.05, 4.69) is 16.3 Å². The monoisotopic (exact) mass is 307 g/mol. The fourth-order valence-corrected chi connectivity index (χ4v) is 3.16. The predicted octanol–water partition coefficient (Wildman–Crippen LogP) is 2.29. The standard InChI is InChI=1S/C16H22ClN3O/c1-16(15(18)21)7-8-20(10-16)14-4-2-3-13(17)12(14)9-19-11-5-6-11/h2-4,11,19H,5-10H2,1H3,(H2,18,21). The first-order valence-electron chi connectivity index (χ1n) is 7.55. The number of anilines is 1. The lowest BCUT2D eigenvalue weighted by Gasteiger charge is -2.25. The number of primary amides is 1. The molecule has 0 radical (unpaired) electrons. The number of nitrogens with zero attached hydrogens (tertiary/aromatic N) is 1. The smallest absolute Gasteiger partial charge is 0.225 e. The zero-order valence-electron chi connectivity index (χ0n) is 12.4. The van der Waals surface area contributed by atoms with Gasteiger partial charge in [0.2, 0.25) is 5.91 Å². The van der Waals surface area contributed by atoms with E-state index in [0.29, 0.717) is 12.6 Å². The van der Waals surface area contributed by atoms with Crippen molar-refractivity contribution in [1.82, 2.24) is 5.32 Å². The fourth-order valence-electron chi connectivity index (χ4n) is 2.92. The summed E-state index contributed by atoms with van der Waals surface area (Å²) < 4.78 is 0. The zero-order chi connectivity index (χ0) is 15.0. The minimum atomic E-state index is -0.441. The SMILES string of the molecule is CC1(C(N)=O)CCN(c2cccc(Cl)c2CNC2CC2)C1. The predicted molar refractivity (Wildman–Crippen MR) is 85.4 cm³/mol. The van der Waals surface area contributed by atoms with Gasteiger partial charge >= 0.3 is 0 Å². The molecule has 1 aliphatic carbocycles. The molecule has 1 amide bonds. The van der Waals surface area contributed by atoms with Crippen molar-refractivity contribution in [3.8, 4) is 0 Å². The van der Waals surface area contributed by atoms with Crippen LogP contribution < -0.4 is 16.0 Å². The molecule has 1 atom stereocenters. The average Bonchev–Trinajstić information content (AvgIpc) is 3.18. The van der Waals surface area contributed by atoms with Crippen molar-refractivity contribution >= 4 is 23.2 Å². The number of carbonyl (C=O) groups is 1. The summed E-state index contributed by atoms with van der Waals surface area (Å²) in [7, 11) is 0. The molecule has 0 bridgehead atoms. The quantitative estimate of drug-likeness (QED) is 0.877. The zero-order valence-corrected chi connectivity index (χ0v) is 13.1. The van der Waals surface area contributed by atoms with Crippen molar-refractivity contribution in [2.24, 2.45) is 11.1 Å². The molecule has 1 saturated heterocycles. The summed E-state index contributed by atoms with van der Waals surface area (Å²) in [6, 6.07) is 6.63. The third-order valence-corrected chi connectivity index (χ3v) is 5.00. The molecule has 4 nitrogen and oxygen atoms in total. The van der Waals surface area contributed by atoms with Gasteiger partial charge < -0.3 is 16.0 Å². The normalized spacial score (nSPS) is 25.3. The van der Waals surface area contributed by atoms with Gasteiger partial charge in [-0.3, -0.25) is 4.79 Å². The van der Waals surface area contributed by atoms with Crippen LogP contribution >= 0.6 is 11.6 Å². The van der Waals surface area contributed by atoms with Gasteiger partial charge in [-0.1, -0.05) is 17.7 Å². The Hall–Kier alpha value is -1.26. The number of hydrogen-bond acceptors (Lipinski definition) is 3. The number of benzene rings is 1. The van der Waals surface area contributed by atoms with E-state index in [4.69, 9.17) is 17.3 Å². The first-order chi connectivity index (χ1) is 9.99. The molecule has 21 heavy (non-hydrogen) atoms. The highest BCUT2D eigenvalue weighted by Gasteiger charge is 2.39. The Balaban J connectivity index is 1.81. The van der Waals surface area contributed by atoms with Crippen LogP contribution in [0.4, 0.5) is 5.69 Å². The number of hydrogen-bond donors (Lipinski definition) is 2. The van der Waals surface area contributed by atoms with E-state index in [9.17, 15) is 4.79 Å². The molecule has 2 fully saturated rings. The van der Waals surface area contributed by atoms with Crippen molar-refractivity contribution in [3.05, 3.63) is 28.8 Å². The van der Waals surface area contributed by atoms with E-state index in [0.717, 1.165) is 35.8 Å². The Bertz CT molecular complexity index is 558. The summed E-state index contributed by atoms with van der Waals surface area (Å²) in [6.45, 7) is 4.24. The number of nitrogens with two attached hydrogens (primary N) is 1. The van der Waals surface area contributed by atoms with Crippen molar-refractivity contribution in [2.45, 2.75) is 38.8 Å². The highest BCUT2D eigenvalue weighted by molar-refractivity contribution is 6.31. The van der Waals surface area contributed by atoms with Crippen LogP contribution in [-0.2, 0) is 11.3 Å². The molecule has 1 aliphatic heterocycles. The molecule has 1 unspecified atom stereocenters. The number of rotatable bonds is 5. The van der Waals surface area contributed by atoms with E-state index < -0.39 is 5.41 Å². The van der Waals surface area contributed by atoms with Crippen LogP contribution in [0.2, 0.25) is 5.02 Å². The van der Waals surface area contributed by atoms with E-state index in [1.165, 1.54) is 12.8 Å². The van der Waals surface area contributed by atoms with Gasteiger partial charge in [-0.2, -0.15) is 0 Å². The Morgan fingerprint density at radius 1 is 1.52 bits per heavy atom. The first kappa shape index (κ1) is 14.7. The lowest BCUT2D eigenvalue weighted by molar-refractivity contribution is -0.125. The van der Waals surface area contributed by atoms with Crippen LogP contribution in [-0.4, -0.2) is 25.0 Å². The maximum atomic E-state index is 11.6. The molecular weight excluding hydrogens is 286 g/mol. The van der Waals surface area contributed by atoms with Gasteiger partial charge in [-0.05, 0) is 38.3 Å². The molecule has 0 aromatic heterocycles. The summed E-state index contributed by atoms with van der Waals surface area (Å²) >= 11 is 6.39. The van der Waals surface area contributed by atoms with Crippen LogP contribution in [0.25, 0.3) is 0 Å². The molecule has 1 heterocycles. The van der Waals surface area contributed by atoms with Gasteiger partial charge in [0.05, 0.1) is 5.41 Å². The van der Waals surface area contributed by atoms with Crippen LogP contribution in [0.15, 0.2) is 18.2 Å². The Kier molecular flexibility index (Phi) is 3.84. The largest absolute Gasteiger partial charge is 0.370 e. The Morgan fingerprint density at radius 2 is 2.29 bits per heavy atom. The van der Waals surface area contributed by atoms with Gasteiger partial charge in [0.1, 0.15) is 0 Å². The second kappa shape index (κ2) is 5.50. The van der Waals surface area contributed by atoms with Crippen molar-refractivity contribution in [1.29, 1.82) is 0 Å². The third-order valence-electron chi connectivity index (χ3n) is 4.65. The summed E-state index contributed by atoms with van der Waals surface area (Å²) in [4.78, 5) is 13.9. The minimum Gasteiger partial charge on any atom is -0.370 e. The molecule has 114 valence electrons. The highest BCUT2D eigenvalue weighted by Crippen LogP contribution is 2.36. The number of nitrogens with one attached hydrogen (secondary N) is 1. The molecule has 3 N–H and O–H groups in total. The van der Waals surface area contributed by atoms with Crippen molar-refractivity contribution < 1.29 is 4.79 Å². The average molecular weight is 308 g/mol. The lowest BCUT2D eigenvalue weighted by Crippen LogP contribution is -2.37. The van der Waals surface area contributed by atoms with E-state index in [-0.39, 0.29) is 5.91 Å². The van der Waals surface area contributed by atoms with Crippen LogP contribution in [0.3, 0.4) is 0 Å². The molecule has 1 aromatic rings. The summed E-state index contributed by atoms with van der Waals surface area (Å²) in [6.07, 6.45) is 3.30. The van der Waals surface area contributed by atoms with Gasteiger partial charge in [0, 0.05) is 41.9 Å². The fraction of sp³-hybridized carbons (Fsp3) is 0.562. The van der Waals surface area contributed by atoms with E-state index in [1.807, 2.05) is 19.1 Å². The summed E-state index contributed by atoms with van der Waals surface area (Å²) in [5, 5.41) is 4.30. The topological polar surface area (TPSA) is 58.4 Å². The van der Waals surface area contributed by atoms with Crippen LogP contribution in [0.1, 0.15) is 31.7 Å². The highest BCUT2D eigenvalue weighted by atomic mass is 35.5. The van der Waals surface area contributed by atoms with Crippen LogP contribution in [0, 0.1) is 5.41 Å². The van der Waals surface area contributed by atoms with E-state index >= 15 is 0 Å². The molecule has 0 spiro atoms. The number of halogens is 1. The maximum Gasteiger partial charge on any atom is 0.225 e. The number of carbonyl (C=O) groups excluding carboxylic acids is 1. The van der Waals surface area contributed by atoms with Crippen molar-refractivity contribution in [2.75, 3.05) is 18.0 Å². The minimum absolute atomic E-state index is 0.218. The lowest BCUT2D eigenvalue weighted by atomic mass is 9.89. The second-order valence-electron chi connectivity index (χ2n) is 6.49. The number of amides is 1. The second-order valence-corrected chi connectivity index (χ2v) is 6.90. The van der Waals surface area contributed by atoms with Gasteiger partial charge in [0.15, 0.2) is 0 Å². The van der Waals surface area contributed by atoms with Gasteiger partial charge in [-0.25, -0.2) is 0 Å². The summed E-state index contributed by atoms with van der Waals surface area (Å²) in [5.41, 5.74) is 7.35. The first-order valence-corrected chi connectivity index (χ1v) is 7.93. The van der Waals surface area contributed by atoms with Crippen molar-refractivity contribution in [3.63, 3.8) is 0 Å². The summed E-state index contributed by atoms with van der Waals surface area (Å²) in [5.74, 6) is -0.218. The molecule has 1 aromatic carbocycles. The molecule has 5 heteroatoms. The van der Waals surface area contributed by atoms with E-state index in [1.54, 1.807) is 0 Å².